The molecular weight excluding hydrogens is 256 g/mol. The van der Waals surface area contributed by atoms with Gasteiger partial charge in [0.1, 0.15) is 5.75 Å². The number of para-hydroxylation sites is 1. The van der Waals surface area contributed by atoms with Gasteiger partial charge in [0.25, 0.3) is 0 Å². The van der Waals surface area contributed by atoms with E-state index in [1.165, 1.54) is 30.4 Å². The van der Waals surface area contributed by atoms with Gasteiger partial charge in [-0.25, -0.2) is 4.79 Å². The van der Waals surface area contributed by atoms with Gasteiger partial charge < -0.3 is 10.2 Å². The van der Waals surface area contributed by atoms with Gasteiger partial charge in [0, 0.05) is 11.1 Å². The molecule has 0 heterocycles. The average Bonchev–Trinajstić information content (AvgIpc) is 2.46. The number of phenolic OH excluding ortho intramolecular Hbond substituents is 1. The Morgan fingerprint density at radius 3 is 2.15 bits per heavy atom. The van der Waals surface area contributed by atoms with Crippen LogP contribution in [0.3, 0.4) is 0 Å². The first-order chi connectivity index (χ1) is 9.59. The maximum absolute atomic E-state index is 12.0. The summed E-state index contributed by atoms with van der Waals surface area (Å²) in [6.07, 6.45) is 2.70. The molecule has 0 saturated carbocycles. The predicted octanol–water partition coefficient (Wildman–Crippen LogP) is 2.99. The van der Waals surface area contributed by atoms with Gasteiger partial charge in [-0.2, -0.15) is 0 Å². The van der Waals surface area contributed by atoms with Crippen molar-refractivity contribution >= 4 is 17.8 Å². The molecule has 0 atom stereocenters. The lowest BCUT2D eigenvalue weighted by Crippen LogP contribution is -2.06. The van der Waals surface area contributed by atoms with E-state index in [1.807, 2.05) is 0 Å². The highest BCUT2D eigenvalue weighted by Gasteiger charge is 2.13. The summed E-state index contributed by atoms with van der Waals surface area (Å²) in [5.74, 6) is -1.51. The first-order valence-electron chi connectivity index (χ1n) is 5.92. The lowest BCUT2D eigenvalue weighted by Gasteiger charge is -2.02. The minimum Gasteiger partial charge on any atom is -0.507 e. The first-order valence-corrected chi connectivity index (χ1v) is 5.92. The lowest BCUT2D eigenvalue weighted by molar-refractivity contribution is 0.0693. The normalized spacial score (nSPS) is 10.6. The first kappa shape index (κ1) is 13.5. The summed E-state index contributed by atoms with van der Waals surface area (Å²) in [5, 5.41) is 18.6. The van der Waals surface area contributed by atoms with Crippen molar-refractivity contribution in [3.8, 4) is 5.75 Å². The number of ketones is 1. The van der Waals surface area contributed by atoms with Crippen molar-refractivity contribution in [3.05, 3.63) is 71.3 Å². The largest absolute Gasteiger partial charge is 0.507 e. The molecule has 2 aromatic carbocycles. The fourth-order valence-corrected chi connectivity index (χ4v) is 1.77. The zero-order valence-electron chi connectivity index (χ0n) is 10.5. The van der Waals surface area contributed by atoms with Crippen molar-refractivity contribution in [2.75, 3.05) is 0 Å². The molecule has 0 aliphatic carbocycles. The van der Waals surface area contributed by atoms with Crippen LogP contribution in [0, 0.1) is 0 Å². The van der Waals surface area contributed by atoms with Crippen LogP contribution in [0.25, 0.3) is 6.08 Å². The molecule has 0 saturated heterocycles. The highest BCUT2D eigenvalue weighted by Crippen LogP contribution is 2.18. The average molecular weight is 268 g/mol. The van der Waals surface area contributed by atoms with E-state index < -0.39 is 11.8 Å². The molecule has 4 heteroatoms. The Kier molecular flexibility index (Phi) is 3.96. The van der Waals surface area contributed by atoms with Crippen molar-refractivity contribution < 1.29 is 19.8 Å². The smallest absolute Gasteiger partial charge is 0.336 e. The second kappa shape index (κ2) is 5.84. The number of carbonyl (C=O) groups excluding carboxylic acids is 1. The number of aromatic carboxylic acids is 1. The molecule has 0 unspecified atom stereocenters. The van der Waals surface area contributed by atoms with Crippen LogP contribution in [0.1, 0.15) is 26.3 Å². The summed E-state index contributed by atoms with van der Waals surface area (Å²) in [7, 11) is 0. The zero-order chi connectivity index (χ0) is 14.5. The SMILES string of the molecule is O=C(O)c1ccccc1C(=O)/C=C/c1ccccc1O. The number of phenols is 1. The van der Waals surface area contributed by atoms with E-state index in [-0.39, 0.29) is 16.9 Å². The highest BCUT2D eigenvalue weighted by molar-refractivity contribution is 6.12. The van der Waals surface area contributed by atoms with Gasteiger partial charge in [-0.3, -0.25) is 4.79 Å². The topological polar surface area (TPSA) is 74.6 Å². The molecule has 0 aliphatic heterocycles. The summed E-state index contributed by atoms with van der Waals surface area (Å²) < 4.78 is 0. The maximum atomic E-state index is 12.0. The molecule has 0 aliphatic rings. The zero-order valence-corrected chi connectivity index (χ0v) is 10.5. The van der Waals surface area contributed by atoms with Gasteiger partial charge in [-0.05, 0) is 24.3 Å². The van der Waals surface area contributed by atoms with Gasteiger partial charge in [0.05, 0.1) is 5.56 Å². The van der Waals surface area contributed by atoms with Crippen molar-refractivity contribution in [3.63, 3.8) is 0 Å². The standard InChI is InChI=1S/C16H12O4/c17-14-8-4-1-5-11(14)9-10-15(18)12-6-2-3-7-13(12)16(19)20/h1-10,17H,(H,19,20)/b10-9+. The van der Waals surface area contributed by atoms with E-state index in [0.717, 1.165) is 0 Å². The molecule has 0 radical (unpaired) electrons. The Balaban J connectivity index is 2.30. The third kappa shape index (κ3) is 2.92. The van der Waals surface area contributed by atoms with Crippen LogP contribution in [0.15, 0.2) is 54.6 Å². The van der Waals surface area contributed by atoms with Crippen molar-refractivity contribution in [2.45, 2.75) is 0 Å². The van der Waals surface area contributed by atoms with Gasteiger partial charge in [-0.15, -0.1) is 0 Å². The molecule has 2 N–H and O–H groups in total. The molecule has 0 aromatic heterocycles. The number of benzene rings is 2. The summed E-state index contributed by atoms with van der Waals surface area (Å²) in [6, 6.07) is 12.6. The lowest BCUT2D eigenvalue weighted by atomic mass is 10.0. The Labute approximate surface area is 115 Å². The van der Waals surface area contributed by atoms with Gasteiger partial charge in [0.2, 0.25) is 0 Å². The molecule has 100 valence electrons. The highest BCUT2D eigenvalue weighted by atomic mass is 16.4. The molecular formula is C16H12O4. The maximum Gasteiger partial charge on any atom is 0.336 e. The Hall–Kier alpha value is -2.88. The van der Waals surface area contributed by atoms with Crippen LogP contribution in [0.5, 0.6) is 5.75 Å². The van der Waals surface area contributed by atoms with Crippen LogP contribution in [0.2, 0.25) is 0 Å². The number of allylic oxidation sites excluding steroid dienone is 1. The number of carboxylic acids is 1. The fraction of sp³-hybridized carbons (Fsp3) is 0. The number of carboxylic acid groups (broad SMARTS) is 1. The van der Waals surface area contributed by atoms with Gasteiger partial charge in [0.15, 0.2) is 5.78 Å². The van der Waals surface area contributed by atoms with Crippen LogP contribution in [-0.2, 0) is 0 Å². The number of aromatic hydroxyl groups is 1. The minimum atomic E-state index is -1.15. The molecule has 2 aromatic rings. The summed E-state index contributed by atoms with van der Waals surface area (Å²) in [4.78, 5) is 23.1. The van der Waals surface area contributed by atoms with Crippen LogP contribution >= 0.6 is 0 Å². The molecule has 0 bridgehead atoms. The van der Waals surface area contributed by atoms with Gasteiger partial charge >= 0.3 is 5.97 Å². The summed E-state index contributed by atoms with van der Waals surface area (Å²) >= 11 is 0. The summed E-state index contributed by atoms with van der Waals surface area (Å²) in [5.41, 5.74) is 0.569. The van der Waals surface area contributed by atoms with E-state index in [1.54, 1.807) is 30.3 Å². The quantitative estimate of drug-likeness (QED) is 0.660. The molecule has 2 rings (SSSR count). The van der Waals surface area contributed by atoms with Crippen molar-refractivity contribution in [1.82, 2.24) is 0 Å². The Morgan fingerprint density at radius 2 is 1.50 bits per heavy atom. The van der Waals surface area contributed by atoms with Crippen LogP contribution in [-0.4, -0.2) is 22.0 Å². The minimum absolute atomic E-state index is 0.0422. The molecule has 4 nitrogen and oxygen atoms in total. The van der Waals surface area contributed by atoms with Crippen LogP contribution < -0.4 is 0 Å². The van der Waals surface area contributed by atoms with E-state index in [2.05, 4.69) is 0 Å². The Morgan fingerprint density at radius 1 is 0.900 bits per heavy atom. The number of rotatable bonds is 4. The van der Waals surface area contributed by atoms with Crippen molar-refractivity contribution in [1.29, 1.82) is 0 Å². The van der Waals surface area contributed by atoms with E-state index in [4.69, 9.17) is 5.11 Å². The summed E-state index contributed by atoms with van der Waals surface area (Å²) in [6.45, 7) is 0. The third-order valence-electron chi connectivity index (χ3n) is 2.77. The van der Waals surface area contributed by atoms with Crippen LogP contribution in [0.4, 0.5) is 0 Å². The molecule has 20 heavy (non-hydrogen) atoms. The fourth-order valence-electron chi connectivity index (χ4n) is 1.77. The van der Waals surface area contributed by atoms with Gasteiger partial charge in [-0.1, -0.05) is 36.4 Å². The van der Waals surface area contributed by atoms with E-state index >= 15 is 0 Å². The number of hydrogen-bond acceptors (Lipinski definition) is 3. The van der Waals surface area contributed by atoms with Crippen molar-refractivity contribution in [2.24, 2.45) is 0 Å². The predicted molar refractivity (Wildman–Crippen MR) is 74.9 cm³/mol. The Bertz CT molecular complexity index is 686. The van der Waals surface area contributed by atoms with E-state index in [0.29, 0.717) is 5.56 Å². The number of hydrogen-bond donors (Lipinski definition) is 2. The molecule has 0 spiro atoms. The monoisotopic (exact) mass is 268 g/mol. The molecule has 0 amide bonds. The number of carbonyl (C=O) groups is 2. The third-order valence-corrected chi connectivity index (χ3v) is 2.77. The van der Waals surface area contributed by atoms with E-state index in [9.17, 15) is 14.7 Å². The molecule has 0 fully saturated rings. The second-order valence-electron chi connectivity index (χ2n) is 4.11. The second-order valence-corrected chi connectivity index (χ2v) is 4.11.